The van der Waals surface area contributed by atoms with Crippen molar-refractivity contribution in [3.05, 3.63) is 30.1 Å². The monoisotopic (exact) mass is 276 g/mol. The largest absolute Gasteiger partial charge is 0.409 e. The van der Waals surface area contributed by atoms with Gasteiger partial charge in [-0.3, -0.25) is 9.78 Å². The number of pyridine rings is 1. The number of nitrogens with one attached hydrogen (secondary N) is 1. The van der Waals surface area contributed by atoms with E-state index >= 15 is 0 Å². The first kappa shape index (κ1) is 14.3. The fourth-order valence-corrected chi connectivity index (χ4v) is 2.79. The summed E-state index contributed by atoms with van der Waals surface area (Å²) in [4.78, 5) is 16.5. The van der Waals surface area contributed by atoms with Gasteiger partial charge in [0.2, 0.25) is 5.91 Å². The second-order valence-electron chi connectivity index (χ2n) is 5.56. The van der Waals surface area contributed by atoms with Crippen LogP contribution in [-0.2, 0) is 4.79 Å². The third-order valence-corrected chi connectivity index (χ3v) is 3.96. The highest BCUT2D eigenvalue weighted by atomic mass is 16.4. The average Bonchev–Trinajstić information content (AvgIpc) is 2.43. The van der Waals surface area contributed by atoms with Crippen LogP contribution in [0.4, 0.5) is 0 Å². The van der Waals surface area contributed by atoms with Gasteiger partial charge in [0.15, 0.2) is 5.84 Å². The second-order valence-corrected chi connectivity index (χ2v) is 5.56. The molecule has 1 aliphatic rings. The minimum Gasteiger partial charge on any atom is -0.409 e. The van der Waals surface area contributed by atoms with Crippen LogP contribution in [0.25, 0.3) is 0 Å². The van der Waals surface area contributed by atoms with Crippen molar-refractivity contribution in [1.29, 1.82) is 0 Å². The van der Waals surface area contributed by atoms with Gasteiger partial charge in [0.25, 0.3) is 0 Å². The van der Waals surface area contributed by atoms with Crippen molar-refractivity contribution in [3.63, 3.8) is 0 Å². The van der Waals surface area contributed by atoms with E-state index in [4.69, 9.17) is 10.9 Å². The number of hydrogen-bond donors (Lipinski definition) is 3. The van der Waals surface area contributed by atoms with Gasteiger partial charge in [-0.2, -0.15) is 0 Å². The minimum atomic E-state index is -0.870. The standard InChI is InChI=1S/C14H20N4O2/c1-9-6-14(7-9,12(15)18-20)13(19)17-10(2)11-4-3-5-16-8-11/h3-5,8-10,20H,6-7H2,1-2H3,(H2,15,18)(H,17,19). The Kier molecular flexibility index (Phi) is 3.92. The van der Waals surface area contributed by atoms with Gasteiger partial charge in [-0.05, 0) is 37.3 Å². The van der Waals surface area contributed by atoms with Gasteiger partial charge in [0.1, 0.15) is 5.41 Å². The molecule has 1 saturated carbocycles. The van der Waals surface area contributed by atoms with Crippen molar-refractivity contribution in [3.8, 4) is 0 Å². The number of amides is 1. The molecule has 6 nitrogen and oxygen atoms in total. The summed E-state index contributed by atoms with van der Waals surface area (Å²) >= 11 is 0. The Morgan fingerprint density at radius 1 is 1.65 bits per heavy atom. The number of carbonyl (C=O) groups is 1. The lowest BCUT2D eigenvalue weighted by Gasteiger charge is -2.44. The number of nitrogens with two attached hydrogens (primary N) is 1. The molecule has 0 radical (unpaired) electrons. The van der Waals surface area contributed by atoms with E-state index in [1.54, 1.807) is 12.4 Å². The Hall–Kier alpha value is -2.11. The topological polar surface area (TPSA) is 101 Å². The molecule has 0 saturated heterocycles. The fraction of sp³-hybridized carbons (Fsp3) is 0.500. The van der Waals surface area contributed by atoms with Gasteiger partial charge in [0.05, 0.1) is 6.04 Å². The number of nitrogens with zero attached hydrogens (tertiary/aromatic N) is 2. The van der Waals surface area contributed by atoms with Crippen molar-refractivity contribution in [1.82, 2.24) is 10.3 Å². The molecule has 1 aliphatic carbocycles. The first-order chi connectivity index (χ1) is 9.49. The molecule has 0 bridgehead atoms. The third-order valence-electron chi connectivity index (χ3n) is 3.96. The van der Waals surface area contributed by atoms with E-state index in [1.807, 2.05) is 26.0 Å². The first-order valence-corrected chi connectivity index (χ1v) is 6.68. The summed E-state index contributed by atoms with van der Waals surface area (Å²) in [5.41, 5.74) is 5.77. The molecule has 1 amide bonds. The maximum atomic E-state index is 12.5. The number of carbonyl (C=O) groups excluding carboxylic acids is 1. The van der Waals surface area contributed by atoms with E-state index in [1.165, 1.54) is 0 Å². The Balaban J connectivity index is 2.11. The smallest absolute Gasteiger partial charge is 0.234 e. The molecular formula is C14H20N4O2. The highest BCUT2D eigenvalue weighted by Crippen LogP contribution is 2.46. The molecule has 4 N–H and O–H groups in total. The molecule has 0 aliphatic heterocycles. The van der Waals surface area contributed by atoms with Gasteiger partial charge in [-0.1, -0.05) is 18.1 Å². The Bertz CT molecular complexity index is 509. The summed E-state index contributed by atoms with van der Waals surface area (Å²) in [7, 11) is 0. The summed E-state index contributed by atoms with van der Waals surface area (Å²) in [6.45, 7) is 3.93. The quantitative estimate of drug-likeness (QED) is 0.335. The lowest BCUT2D eigenvalue weighted by Crippen LogP contribution is -2.57. The van der Waals surface area contributed by atoms with Crippen LogP contribution in [0.2, 0.25) is 0 Å². The van der Waals surface area contributed by atoms with Crippen LogP contribution in [0.15, 0.2) is 29.7 Å². The van der Waals surface area contributed by atoms with E-state index in [9.17, 15) is 4.79 Å². The van der Waals surface area contributed by atoms with Crippen LogP contribution in [0.5, 0.6) is 0 Å². The summed E-state index contributed by atoms with van der Waals surface area (Å²) in [5, 5.41) is 14.9. The van der Waals surface area contributed by atoms with Crippen molar-refractivity contribution in [2.75, 3.05) is 0 Å². The van der Waals surface area contributed by atoms with E-state index in [0.29, 0.717) is 18.8 Å². The molecule has 1 atom stereocenters. The van der Waals surface area contributed by atoms with Crippen molar-refractivity contribution in [2.24, 2.45) is 22.2 Å². The Morgan fingerprint density at radius 2 is 2.35 bits per heavy atom. The van der Waals surface area contributed by atoms with Gasteiger partial charge in [-0.15, -0.1) is 0 Å². The van der Waals surface area contributed by atoms with Crippen LogP contribution < -0.4 is 11.1 Å². The molecule has 1 fully saturated rings. The number of aromatic nitrogens is 1. The van der Waals surface area contributed by atoms with E-state index < -0.39 is 5.41 Å². The molecule has 0 spiro atoms. The molecule has 1 aromatic heterocycles. The van der Waals surface area contributed by atoms with Crippen LogP contribution >= 0.6 is 0 Å². The predicted octanol–water partition coefficient (Wildman–Crippen LogP) is 1.42. The summed E-state index contributed by atoms with van der Waals surface area (Å²) in [6, 6.07) is 3.55. The fourth-order valence-electron chi connectivity index (χ4n) is 2.79. The lowest BCUT2D eigenvalue weighted by atomic mass is 9.61. The van der Waals surface area contributed by atoms with Gasteiger partial charge >= 0.3 is 0 Å². The van der Waals surface area contributed by atoms with Crippen molar-refractivity contribution in [2.45, 2.75) is 32.7 Å². The average molecular weight is 276 g/mol. The number of amidine groups is 1. The van der Waals surface area contributed by atoms with Gasteiger partial charge < -0.3 is 16.3 Å². The van der Waals surface area contributed by atoms with Crippen LogP contribution in [0, 0.1) is 11.3 Å². The van der Waals surface area contributed by atoms with E-state index in [2.05, 4.69) is 15.5 Å². The number of rotatable bonds is 4. The second kappa shape index (κ2) is 5.48. The first-order valence-electron chi connectivity index (χ1n) is 6.68. The molecule has 1 unspecified atom stereocenters. The van der Waals surface area contributed by atoms with Crippen molar-refractivity contribution < 1.29 is 10.0 Å². The van der Waals surface area contributed by atoms with Gasteiger partial charge in [-0.25, -0.2) is 0 Å². The maximum Gasteiger partial charge on any atom is 0.234 e. The lowest BCUT2D eigenvalue weighted by molar-refractivity contribution is -0.133. The highest BCUT2D eigenvalue weighted by Gasteiger charge is 2.52. The summed E-state index contributed by atoms with van der Waals surface area (Å²) in [6.07, 6.45) is 4.61. The number of hydrogen-bond acceptors (Lipinski definition) is 4. The maximum absolute atomic E-state index is 12.5. The molecule has 20 heavy (non-hydrogen) atoms. The van der Waals surface area contributed by atoms with Gasteiger partial charge in [0, 0.05) is 12.4 Å². The third kappa shape index (κ3) is 2.45. The zero-order chi connectivity index (χ0) is 14.8. The molecule has 0 aromatic carbocycles. The number of oxime groups is 1. The molecule has 2 rings (SSSR count). The van der Waals surface area contributed by atoms with Crippen LogP contribution in [0.3, 0.4) is 0 Å². The molecule has 108 valence electrons. The zero-order valence-electron chi connectivity index (χ0n) is 11.7. The Morgan fingerprint density at radius 3 is 2.85 bits per heavy atom. The zero-order valence-corrected chi connectivity index (χ0v) is 11.7. The van der Waals surface area contributed by atoms with E-state index in [-0.39, 0.29) is 17.8 Å². The van der Waals surface area contributed by atoms with Crippen molar-refractivity contribution >= 4 is 11.7 Å². The minimum absolute atomic E-state index is 0.00788. The normalized spacial score (nSPS) is 27.5. The molecule has 6 heteroatoms. The Labute approximate surface area is 118 Å². The predicted molar refractivity (Wildman–Crippen MR) is 75.0 cm³/mol. The summed E-state index contributed by atoms with van der Waals surface area (Å²) in [5.74, 6) is 0.198. The highest BCUT2D eigenvalue weighted by molar-refractivity contribution is 6.07. The summed E-state index contributed by atoms with van der Waals surface area (Å²) < 4.78 is 0. The SMILES string of the molecule is CC1CC(C(=O)NC(C)c2cccnc2)(/C(N)=N/O)C1. The molecular weight excluding hydrogens is 256 g/mol. The molecule has 1 aromatic rings. The van der Waals surface area contributed by atoms with E-state index in [0.717, 1.165) is 5.56 Å². The van der Waals surface area contributed by atoms with Crippen LogP contribution in [0.1, 0.15) is 38.3 Å². The molecule has 1 heterocycles. The van der Waals surface area contributed by atoms with Crippen LogP contribution in [-0.4, -0.2) is 21.9 Å².